The van der Waals surface area contributed by atoms with Crippen LogP contribution in [0.5, 0.6) is 0 Å². The first-order valence-corrected chi connectivity index (χ1v) is 8.80. The van der Waals surface area contributed by atoms with Gasteiger partial charge in [-0.2, -0.15) is 5.10 Å². The lowest BCUT2D eigenvalue weighted by molar-refractivity contribution is 0.339. The first-order chi connectivity index (χ1) is 10.2. The van der Waals surface area contributed by atoms with E-state index in [0.717, 1.165) is 16.1 Å². The quantitative estimate of drug-likeness (QED) is 0.728. The lowest BCUT2D eigenvalue weighted by Gasteiger charge is -2.21. The topological polar surface area (TPSA) is 17.8 Å². The smallest absolute Gasteiger partial charge is 0.106 e. The maximum atomic E-state index is 4.54. The number of benzene rings is 1. The molecule has 21 heavy (non-hydrogen) atoms. The molecule has 112 valence electrons. The molecule has 1 saturated carbocycles. The van der Waals surface area contributed by atoms with Crippen LogP contribution in [0.3, 0.4) is 0 Å². The second-order valence-electron chi connectivity index (χ2n) is 6.24. The maximum absolute atomic E-state index is 4.54. The molecule has 0 aliphatic heterocycles. The second kappa shape index (κ2) is 6.78. The Balaban J connectivity index is 1.69. The van der Waals surface area contributed by atoms with Crippen LogP contribution in [0, 0.1) is 5.92 Å². The van der Waals surface area contributed by atoms with Gasteiger partial charge in [-0.25, -0.2) is 0 Å². The van der Waals surface area contributed by atoms with Crippen molar-refractivity contribution in [2.45, 2.75) is 44.9 Å². The van der Waals surface area contributed by atoms with Crippen LogP contribution < -0.4 is 0 Å². The van der Waals surface area contributed by atoms with Crippen LogP contribution in [0.15, 0.2) is 34.9 Å². The minimum absolute atomic E-state index is 0.948. The predicted molar refractivity (Wildman–Crippen MR) is 91.2 cm³/mol. The van der Waals surface area contributed by atoms with Crippen LogP contribution in [-0.4, -0.2) is 9.78 Å². The monoisotopic (exact) mass is 346 g/mol. The van der Waals surface area contributed by atoms with Gasteiger partial charge in [0.15, 0.2) is 0 Å². The Hall–Kier alpha value is -1.09. The highest BCUT2D eigenvalue weighted by molar-refractivity contribution is 9.10. The molecule has 1 aromatic heterocycles. The highest BCUT2D eigenvalue weighted by Crippen LogP contribution is 2.30. The van der Waals surface area contributed by atoms with E-state index in [0.29, 0.717) is 0 Å². The van der Waals surface area contributed by atoms with Crippen molar-refractivity contribution >= 4 is 15.9 Å². The largest absolute Gasteiger partial charge is 0.274 e. The molecule has 1 aliphatic carbocycles. The zero-order valence-electron chi connectivity index (χ0n) is 12.7. The first-order valence-electron chi connectivity index (χ1n) is 8.01. The molecule has 0 atom stereocenters. The summed E-state index contributed by atoms with van der Waals surface area (Å²) in [5, 5.41) is 4.54. The van der Waals surface area contributed by atoms with Gasteiger partial charge in [-0.05, 0) is 46.3 Å². The van der Waals surface area contributed by atoms with Crippen molar-refractivity contribution in [2.75, 3.05) is 0 Å². The SMILES string of the molecule is Cn1cc(Br)c(-c2cccc(CCC3CCCCC3)c2)n1. The van der Waals surface area contributed by atoms with E-state index in [9.17, 15) is 0 Å². The molecule has 0 unspecified atom stereocenters. The summed E-state index contributed by atoms with van der Waals surface area (Å²) in [6.07, 6.45) is 11.7. The van der Waals surface area contributed by atoms with E-state index in [4.69, 9.17) is 0 Å². The summed E-state index contributed by atoms with van der Waals surface area (Å²) >= 11 is 3.60. The van der Waals surface area contributed by atoms with Gasteiger partial charge in [0, 0.05) is 18.8 Å². The lowest BCUT2D eigenvalue weighted by Crippen LogP contribution is -2.07. The molecule has 2 nitrogen and oxygen atoms in total. The molecule has 0 radical (unpaired) electrons. The third-order valence-corrected chi connectivity index (χ3v) is 5.13. The van der Waals surface area contributed by atoms with Gasteiger partial charge in [-0.1, -0.05) is 50.3 Å². The van der Waals surface area contributed by atoms with Gasteiger partial charge in [-0.3, -0.25) is 4.68 Å². The minimum Gasteiger partial charge on any atom is -0.274 e. The molecule has 1 fully saturated rings. The van der Waals surface area contributed by atoms with Crippen LogP contribution in [0.25, 0.3) is 11.3 Å². The third-order valence-electron chi connectivity index (χ3n) is 4.55. The van der Waals surface area contributed by atoms with E-state index < -0.39 is 0 Å². The Labute approximate surface area is 135 Å². The molecular formula is C18H23BrN2. The predicted octanol–water partition coefficient (Wildman–Crippen LogP) is 5.36. The Morgan fingerprint density at radius 1 is 1.24 bits per heavy atom. The average molecular weight is 347 g/mol. The second-order valence-corrected chi connectivity index (χ2v) is 7.10. The zero-order valence-corrected chi connectivity index (χ0v) is 14.3. The Bertz CT molecular complexity index is 597. The van der Waals surface area contributed by atoms with Crippen LogP contribution in [0.2, 0.25) is 0 Å². The molecule has 0 spiro atoms. The summed E-state index contributed by atoms with van der Waals surface area (Å²) in [7, 11) is 1.96. The standard InChI is InChI=1S/C18H23BrN2/c1-21-13-17(19)18(20-21)16-9-5-8-15(12-16)11-10-14-6-3-2-4-7-14/h5,8-9,12-14H,2-4,6-7,10-11H2,1H3. The van der Waals surface area contributed by atoms with Crippen molar-refractivity contribution in [1.29, 1.82) is 0 Å². The highest BCUT2D eigenvalue weighted by atomic mass is 79.9. The summed E-state index contributed by atoms with van der Waals surface area (Å²) in [5.74, 6) is 0.948. The number of rotatable bonds is 4. The number of hydrogen-bond acceptors (Lipinski definition) is 1. The van der Waals surface area contributed by atoms with Crippen molar-refractivity contribution in [2.24, 2.45) is 13.0 Å². The summed E-state index contributed by atoms with van der Waals surface area (Å²) in [5.41, 5.74) is 3.69. The average Bonchev–Trinajstić information content (AvgIpc) is 2.85. The highest BCUT2D eigenvalue weighted by Gasteiger charge is 2.13. The molecule has 0 bridgehead atoms. The number of aromatic nitrogens is 2. The van der Waals surface area contributed by atoms with Gasteiger partial charge in [0.05, 0.1) is 4.47 Å². The minimum atomic E-state index is 0.948. The summed E-state index contributed by atoms with van der Waals surface area (Å²) in [6, 6.07) is 8.86. The fraction of sp³-hybridized carbons (Fsp3) is 0.500. The number of halogens is 1. The lowest BCUT2D eigenvalue weighted by atomic mass is 9.85. The number of aryl methyl sites for hydroxylation is 2. The molecule has 0 N–H and O–H groups in total. The fourth-order valence-electron chi connectivity index (χ4n) is 3.38. The van der Waals surface area contributed by atoms with E-state index >= 15 is 0 Å². The Morgan fingerprint density at radius 2 is 2.05 bits per heavy atom. The molecule has 2 aromatic rings. The first kappa shape index (κ1) is 14.8. The molecule has 1 heterocycles. The van der Waals surface area contributed by atoms with Crippen molar-refractivity contribution in [1.82, 2.24) is 9.78 Å². The molecular weight excluding hydrogens is 324 g/mol. The van der Waals surface area contributed by atoms with Crippen LogP contribution >= 0.6 is 15.9 Å². The summed E-state index contributed by atoms with van der Waals surface area (Å²) < 4.78 is 2.92. The van der Waals surface area contributed by atoms with E-state index in [2.05, 4.69) is 45.3 Å². The van der Waals surface area contributed by atoms with Crippen molar-refractivity contribution in [3.63, 3.8) is 0 Å². The number of hydrogen-bond donors (Lipinski definition) is 0. The van der Waals surface area contributed by atoms with Crippen LogP contribution in [-0.2, 0) is 13.5 Å². The zero-order chi connectivity index (χ0) is 14.7. The normalized spacial score (nSPS) is 16.3. The molecule has 0 amide bonds. The van der Waals surface area contributed by atoms with E-state index in [1.807, 2.05) is 17.9 Å². The van der Waals surface area contributed by atoms with Gasteiger partial charge in [-0.15, -0.1) is 0 Å². The van der Waals surface area contributed by atoms with E-state index in [1.54, 1.807) is 0 Å². The molecule has 3 rings (SSSR count). The number of nitrogens with zero attached hydrogens (tertiary/aromatic N) is 2. The van der Waals surface area contributed by atoms with Gasteiger partial charge < -0.3 is 0 Å². The fourth-order valence-corrected chi connectivity index (χ4v) is 3.98. The maximum Gasteiger partial charge on any atom is 0.106 e. The third kappa shape index (κ3) is 3.76. The van der Waals surface area contributed by atoms with E-state index in [1.165, 1.54) is 56.1 Å². The van der Waals surface area contributed by atoms with Gasteiger partial charge >= 0.3 is 0 Å². The molecule has 3 heteroatoms. The van der Waals surface area contributed by atoms with Crippen molar-refractivity contribution in [3.05, 3.63) is 40.5 Å². The molecule has 1 aromatic carbocycles. The van der Waals surface area contributed by atoms with Gasteiger partial charge in [0.25, 0.3) is 0 Å². The molecule has 1 aliphatic rings. The van der Waals surface area contributed by atoms with Crippen LogP contribution in [0.1, 0.15) is 44.1 Å². The van der Waals surface area contributed by atoms with Crippen molar-refractivity contribution < 1.29 is 0 Å². The van der Waals surface area contributed by atoms with Crippen molar-refractivity contribution in [3.8, 4) is 11.3 Å². The summed E-state index contributed by atoms with van der Waals surface area (Å²) in [4.78, 5) is 0. The Morgan fingerprint density at radius 3 is 2.76 bits per heavy atom. The van der Waals surface area contributed by atoms with Gasteiger partial charge in [0.1, 0.15) is 5.69 Å². The van der Waals surface area contributed by atoms with E-state index in [-0.39, 0.29) is 0 Å². The van der Waals surface area contributed by atoms with Gasteiger partial charge in [0.2, 0.25) is 0 Å². The molecule has 0 saturated heterocycles. The summed E-state index contributed by atoms with van der Waals surface area (Å²) in [6.45, 7) is 0. The van der Waals surface area contributed by atoms with Crippen LogP contribution in [0.4, 0.5) is 0 Å². The Kier molecular flexibility index (Phi) is 4.79.